The molecule has 1 heterocycles. The number of nitrogens with zero attached hydrogens (tertiary/aromatic N) is 1. The number of hydrogen-bond donors (Lipinski definition) is 1. The van der Waals surface area contributed by atoms with Crippen molar-refractivity contribution >= 4 is 43.2 Å². The number of alkyl halides is 6. The molecule has 2 aliphatic rings. The summed E-state index contributed by atoms with van der Waals surface area (Å²) in [5, 5.41) is 0. The first-order valence-electron chi connectivity index (χ1n) is 9.63. The third kappa shape index (κ3) is 4.84. The van der Waals surface area contributed by atoms with E-state index in [0.29, 0.717) is 24.2 Å². The molecular formula is C20H15BrF6N2O3S. The van der Waals surface area contributed by atoms with Crippen LogP contribution in [0, 0.1) is 5.92 Å². The number of anilines is 2. The highest BCUT2D eigenvalue weighted by Crippen LogP contribution is 2.41. The van der Waals surface area contributed by atoms with Gasteiger partial charge in [-0.2, -0.15) is 26.3 Å². The summed E-state index contributed by atoms with van der Waals surface area (Å²) >= 11 is 3.11. The van der Waals surface area contributed by atoms with Gasteiger partial charge < -0.3 is 4.90 Å². The van der Waals surface area contributed by atoms with E-state index in [1.165, 1.54) is 17.0 Å². The van der Waals surface area contributed by atoms with Crippen LogP contribution in [-0.4, -0.2) is 20.9 Å². The van der Waals surface area contributed by atoms with Crippen LogP contribution in [0.1, 0.15) is 29.5 Å². The van der Waals surface area contributed by atoms with Gasteiger partial charge in [0.05, 0.1) is 16.8 Å². The summed E-state index contributed by atoms with van der Waals surface area (Å²) < 4.78 is 106. The molecule has 1 aliphatic heterocycles. The molecule has 0 saturated heterocycles. The van der Waals surface area contributed by atoms with Gasteiger partial charge in [-0.05, 0) is 71.1 Å². The van der Waals surface area contributed by atoms with Crippen molar-refractivity contribution in [3.8, 4) is 0 Å². The van der Waals surface area contributed by atoms with E-state index in [4.69, 9.17) is 0 Å². The van der Waals surface area contributed by atoms with Crippen LogP contribution in [0.25, 0.3) is 0 Å². The van der Waals surface area contributed by atoms with E-state index in [2.05, 4.69) is 15.9 Å². The summed E-state index contributed by atoms with van der Waals surface area (Å²) in [6, 6.07) is 3.17. The van der Waals surface area contributed by atoms with E-state index in [0.717, 1.165) is 12.8 Å². The fraction of sp³-hybridized carbons (Fsp3) is 0.350. The van der Waals surface area contributed by atoms with Crippen molar-refractivity contribution in [2.24, 2.45) is 5.92 Å². The fourth-order valence-corrected chi connectivity index (χ4v) is 5.75. The van der Waals surface area contributed by atoms with Crippen molar-refractivity contribution in [2.45, 2.75) is 36.5 Å². The highest BCUT2D eigenvalue weighted by atomic mass is 79.9. The number of halogens is 7. The van der Waals surface area contributed by atoms with Gasteiger partial charge in [-0.25, -0.2) is 8.42 Å². The number of carbonyl (C=O) groups excluding carboxylic acids is 1. The minimum Gasteiger partial charge on any atom is -0.312 e. The number of nitrogens with one attached hydrogen (secondary N) is 1. The molecule has 1 aliphatic carbocycles. The SMILES string of the molecule is O=C(C1CC1)N1CCc2cc(Br)c(S(=O)(=O)Nc3cc(C(F)(F)F)cc(C(F)(F)F)c3)cc21. The Balaban J connectivity index is 1.73. The van der Waals surface area contributed by atoms with Crippen molar-refractivity contribution in [3.63, 3.8) is 0 Å². The van der Waals surface area contributed by atoms with E-state index in [1.54, 1.807) is 0 Å². The fourth-order valence-electron chi connectivity index (χ4n) is 3.60. The lowest BCUT2D eigenvalue weighted by Gasteiger charge is -2.19. The normalized spacial score (nSPS) is 16.6. The van der Waals surface area contributed by atoms with Crippen molar-refractivity contribution in [2.75, 3.05) is 16.2 Å². The Labute approximate surface area is 192 Å². The molecular weight excluding hydrogens is 542 g/mol. The number of carbonyl (C=O) groups is 1. The average molecular weight is 557 g/mol. The molecule has 0 atom stereocenters. The molecule has 1 N–H and O–H groups in total. The molecule has 2 aromatic rings. The monoisotopic (exact) mass is 556 g/mol. The number of benzene rings is 2. The molecule has 1 saturated carbocycles. The Morgan fingerprint density at radius 1 is 0.970 bits per heavy atom. The van der Waals surface area contributed by atoms with Gasteiger partial charge in [0.1, 0.15) is 4.90 Å². The number of fused-ring (bicyclic) bond motifs is 1. The Bertz CT molecular complexity index is 1210. The molecule has 33 heavy (non-hydrogen) atoms. The zero-order valence-electron chi connectivity index (χ0n) is 16.5. The molecule has 1 fully saturated rings. The van der Waals surface area contributed by atoms with Crippen LogP contribution >= 0.6 is 15.9 Å². The Morgan fingerprint density at radius 2 is 1.55 bits per heavy atom. The standard InChI is InChI=1S/C20H15BrF6N2O3S/c21-15-5-11-3-4-29(18(30)10-1-2-10)16(11)9-17(15)33(31,32)28-14-7-12(19(22,23)24)6-13(8-14)20(25,26)27/h5-10,28H,1-4H2. The molecule has 0 unspecified atom stereocenters. The van der Waals surface area contributed by atoms with Gasteiger partial charge in [-0.3, -0.25) is 9.52 Å². The van der Waals surface area contributed by atoms with Crippen molar-refractivity contribution in [3.05, 3.63) is 51.5 Å². The van der Waals surface area contributed by atoms with Gasteiger partial charge in [-0.1, -0.05) is 0 Å². The Morgan fingerprint density at radius 3 is 2.06 bits per heavy atom. The van der Waals surface area contributed by atoms with Crippen molar-refractivity contribution in [1.82, 2.24) is 0 Å². The largest absolute Gasteiger partial charge is 0.416 e. The van der Waals surface area contributed by atoms with Crippen LogP contribution in [0.5, 0.6) is 0 Å². The number of amides is 1. The highest BCUT2D eigenvalue weighted by molar-refractivity contribution is 9.10. The van der Waals surface area contributed by atoms with Crippen LogP contribution in [0.2, 0.25) is 0 Å². The summed E-state index contributed by atoms with van der Waals surface area (Å²) in [6.07, 6.45) is -8.28. The van der Waals surface area contributed by atoms with Gasteiger partial charge in [0, 0.05) is 22.6 Å². The predicted molar refractivity (Wildman–Crippen MR) is 110 cm³/mol. The molecule has 0 spiro atoms. The molecule has 0 aromatic heterocycles. The number of rotatable bonds is 4. The van der Waals surface area contributed by atoms with Crippen LogP contribution < -0.4 is 9.62 Å². The maximum atomic E-state index is 13.1. The smallest absolute Gasteiger partial charge is 0.312 e. The quantitative estimate of drug-likeness (QED) is 0.499. The van der Waals surface area contributed by atoms with E-state index in [-0.39, 0.29) is 34.5 Å². The maximum Gasteiger partial charge on any atom is 0.416 e. The second-order valence-corrected chi connectivity index (χ2v) is 10.3. The van der Waals surface area contributed by atoms with Gasteiger partial charge >= 0.3 is 12.4 Å². The predicted octanol–water partition coefficient (Wildman–Crippen LogP) is 5.59. The lowest BCUT2D eigenvalue weighted by atomic mass is 10.1. The highest BCUT2D eigenvalue weighted by Gasteiger charge is 2.39. The molecule has 4 rings (SSSR count). The van der Waals surface area contributed by atoms with Crippen LogP contribution in [-0.2, 0) is 33.6 Å². The van der Waals surface area contributed by atoms with Gasteiger partial charge in [0.25, 0.3) is 10.0 Å². The van der Waals surface area contributed by atoms with Gasteiger partial charge in [0.15, 0.2) is 0 Å². The summed E-state index contributed by atoms with van der Waals surface area (Å²) in [5.41, 5.74) is -3.13. The molecule has 5 nitrogen and oxygen atoms in total. The van der Waals surface area contributed by atoms with E-state index in [9.17, 15) is 39.6 Å². The summed E-state index contributed by atoms with van der Waals surface area (Å²) in [6.45, 7) is 0.358. The second-order valence-electron chi connectivity index (χ2n) is 7.83. The topological polar surface area (TPSA) is 66.5 Å². The average Bonchev–Trinajstić information content (AvgIpc) is 3.45. The minimum atomic E-state index is -5.13. The zero-order chi connectivity index (χ0) is 24.3. The van der Waals surface area contributed by atoms with Gasteiger partial charge in [-0.15, -0.1) is 0 Å². The molecule has 0 radical (unpaired) electrons. The molecule has 1 amide bonds. The first kappa shape index (κ1) is 23.9. The summed E-state index contributed by atoms with van der Waals surface area (Å²) in [4.78, 5) is 13.6. The third-order valence-electron chi connectivity index (χ3n) is 5.35. The molecule has 178 valence electrons. The first-order valence-corrected chi connectivity index (χ1v) is 11.9. The van der Waals surface area contributed by atoms with Crippen molar-refractivity contribution < 1.29 is 39.6 Å². The minimum absolute atomic E-state index is 0.0671. The van der Waals surface area contributed by atoms with E-state index < -0.39 is 44.1 Å². The summed E-state index contributed by atoms with van der Waals surface area (Å²) in [5.74, 6) is -0.260. The number of hydrogen-bond acceptors (Lipinski definition) is 3. The Kier molecular flexibility index (Phi) is 5.71. The number of sulfonamides is 1. The van der Waals surface area contributed by atoms with Crippen molar-refractivity contribution in [1.29, 1.82) is 0 Å². The summed E-state index contributed by atoms with van der Waals surface area (Å²) in [7, 11) is -4.61. The van der Waals surface area contributed by atoms with E-state index in [1.807, 2.05) is 4.72 Å². The van der Waals surface area contributed by atoms with Crippen LogP contribution in [0.4, 0.5) is 37.7 Å². The van der Waals surface area contributed by atoms with Crippen LogP contribution in [0.3, 0.4) is 0 Å². The second kappa shape index (κ2) is 7.90. The first-order chi connectivity index (χ1) is 15.2. The van der Waals surface area contributed by atoms with Crippen LogP contribution in [0.15, 0.2) is 39.7 Å². The third-order valence-corrected chi connectivity index (χ3v) is 7.69. The van der Waals surface area contributed by atoms with E-state index >= 15 is 0 Å². The van der Waals surface area contributed by atoms with Gasteiger partial charge in [0.2, 0.25) is 5.91 Å². The lowest BCUT2D eigenvalue weighted by Crippen LogP contribution is -2.30. The molecule has 0 bridgehead atoms. The zero-order valence-corrected chi connectivity index (χ0v) is 18.9. The Hall–Kier alpha value is -2.28. The lowest BCUT2D eigenvalue weighted by molar-refractivity contribution is -0.143. The molecule has 13 heteroatoms. The molecule has 2 aromatic carbocycles. The maximum absolute atomic E-state index is 13.1.